The maximum Gasteiger partial charge on any atom is 0.129 e. The molecule has 0 heterocycles. The second-order valence-corrected chi connectivity index (χ2v) is 7.44. The molecule has 0 amide bonds. The van der Waals surface area contributed by atoms with E-state index in [0.29, 0.717) is 5.57 Å². The van der Waals surface area contributed by atoms with Crippen LogP contribution in [0.3, 0.4) is 0 Å². The highest BCUT2D eigenvalue weighted by Crippen LogP contribution is 2.43. The number of hydrogen-bond acceptors (Lipinski definition) is 3. The minimum absolute atomic E-state index is 0.163. The van der Waals surface area contributed by atoms with Crippen molar-refractivity contribution in [3.63, 3.8) is 0 Å². The molecule has 0 N–H and O–H groups in total. The third-order valence-electron chi connectivity index (χ3n) is 4.77. The molecule has 1 fully saturated rings. The lowest BCUT2D eigenvalue weighted by Crippen LogP contribution is -2.24. The van der Waals surface area contributed by atoms with Gasteiger partial charge in [0.15, 0.2) is 0 Å². The van der Waals surface area contributed by atoms with Crippen molar-refractivity contribution in [2.45, 2.75) is 33.1 Å². The summed E-state index contributed by atoms with van der Waals surface area (Å²) in [4.78, 5) is 2.07. The van der Waals surface area contributed by atoms with Gasteiger partial charge in [0.25, 0.3) is 0 Å². The Hall–Kier alpha value is -2.52. The molecule has 1 atom stereocenters. The second-order valence-electron chi connectivity index (χ2n) is 7.44. The van der Waals surface area contributed by atoms with Crippen LogP contribution < -0.4 is 4.90 Å². The summed E-state index contributed by atoms with van der Waals surface area (Å²) in [7, 11) is 4.05. The lowest BCUT2D eigenvalue weighted by Gasteiger charge is -2.36. The molecule has 0 radical (unpaired) electrons. The van der Waals surface area contributed by atoms with Gasteiger partial charge in [-0.3, -0.25) is 0 Å². The molecule has 2 rings (SSSR count). The first-order chi connectivity index (χ1) is 11.4. The normalized spacial score (nSPS) is 19.6. The standard InChI is InChI=1S/C21H25N3/c1-21(2)12-11-20(18(14-22)15-23)17(13-21)8-5-16-6-9-19(10-7-16)24(3)4/h5-10,17H,11-13H2,1-4H3/b8-5+. The van der Waals surface area contributed by atoms with E-state index in [9.17, 15) is 10.5 Å². The number of nitriles is 2. The van der Waals surface area contributed by atoms with Crippen LogP contribution in [0, 0.1) is 34.0 Å². The maximum absolute atomic E-state index is 9.23. The topological polar surface area (TPSA) is 50.8 Å². The van der Waals surface area contributed by atoms with Crippen molar-refractivity contribution >= 4 is 11.8 Å². The largest absolute Gasteiger partial charge is 0.378 e. The van der Waals surface area contributed by atoms with Gasteiger partial charge < -0.3 is 4.90 Å². The number of allylic oxidation sites excluding steroid dienone is 3. The first kappa shape index (κ1) is 17.8. The lowest BCUT2D eigenvalue weighted by atomic mass is 9.68. The van der Waals surface area contributed by atoms with Crippen LogP contribution >= 0.6 is 0 Å². The van der Waals surface area contributed by atoms with E-state index in [4.69, 9.17) is 0 Å². The third kappa shape index (κ3) is 4.27. The number of hydrogen-bond donors (Lipinski definition) is 0. The fourth-order valence-electron chi connectivity index (χ4n) is 3.25. The minimum atomic E-state index is 0.163. The van der Waals surface area contributed by atoms with Gasteiger partial charge in [-0.2, -0.15) is 10.5 Å². The Bertz CT molecular complexity index is 706. The third-order valence-corrected chi connectivity index (χ3v) is 4.77. The number of nitrogens with zero attached hydrogens (tertiary/aromatic N) is 3. The monoisotopic (exact) mass is 319 g/mol. The van der Waals surface area contributed by atoms with Crippen molar-refractivity contribution in [3.05, 3.63) is 47.1 Å². The van der Waals surface area contributed by atoms with Crippen LogP contribution in [0.5, 0.6) is 0 Å². The maximum atomic E-state index is 9.23. The molecule has 0 aliphatic heterocycles. The van der Waals surface area contributed by atoms with Crippen LogP contribution in [0.25, 0.3) is 6.08 Å². The zero-order valence-electron chi connectivity index (χ0n) is 15.0. The van der Waals surface area contributed by atoms with Crippen molar-refractivity contribution < 1.29 is 0 Å². The Labute approximate surface area is 145 Å². The van der Waals surface area contributed by atoms with E-state index in [1.54, 1.807) is 0 Å². The highest BCUT2D eigenvalue weighted by atomic mass is 15.1. The molecule has 0 saturated heterocycles. The van der Waals surface area contributed by atoms with Gasteiger partial charge in [-0.15, -0.1) is 0 Å². The lowest BCUT2D eigenvalue weighted by molar-refractivity contribution is 0.247. The predicted octanol–water partition coefficient (Wildman–Crippen LogP) is 4.94. The summed E-state index contributed by atoms with van der Waals surface area (Å²) in [6, 6.07) is 12.5. The molecular formula is C21H25N3. The van der Waals surface area contributed by atoms with Gasteiger partial charge in [0.1, 0.15) is 17.7 Å². The summed E-state index contributed by atoms with van der Waals surface area (Å²) >= 11 is 0. The van der Waals surface area contributed by atoms with E-state index in [-0.39, 0.29) is 11.3 Å². The Morgan fingerprint density at radius 2 is 1.79 bits per heavy atom. The molecule has 0 spiro atoms. The van der Waals surface area contributed by atoms with Crippen LogP contribution in [-0.2, 0) is 0 Å². The quantitative estimate of drug-likeness (QED) is 0.742. The summed E-state index contributed by atoms with van der Waals surface area (Å²) in [5.41, 5.74) is 3.84. The number of anilines is 1. The fourth-order valence-corrected chi connectivity index (χ4v) is 3.25. The zero-order valence-corrected chi connectivity index (χ0v) is 15.0. The van der Waals surface area contributed by atoms with Crippen LogP contribution in [0.1, 0.15) is 38.7 Å². The molecule has 0 aromatic heterocycles. The highest BCUT2D eigenvalue weighted by Gasteiger charge is 2.31. The molecule has 24 heavy (non-hydrogen) atoms. The van der Waals surface area contributed by atoms with E-state index in [2.05, 4.69) is 67.3 Å². The molecule has 124 valence electrons. The summed E-state index contributed by atoms with van der Waals surface area (Å²) in [5.74, 6) is 0.163. The van der Waals surface area contributed by atoms with E-state index >= 15 is 0 Å². The molecule has 1 unspecified atom stereocenters. The smallest absolute Gasteiger partial charge is 0.129 e. The molecule has 1 saturated carbocycles. The van der Waals surface area contributed by atoms with Gasteiger partial charge in [-0.25, -0.2) is 0 Å². The molecule has 1 aromatic carbocycles. The fraction of sp³-hybridized carbons (Fsp3) is 0.429. The Morgan fingerprint density at radius 3 is 2.33 bits per heavy atom. The number of benzene rings is 1. The summed E-state index contributed by atoms with van der Waals surface area (Å²) < 4.78 is 0. The van der Waals surface area contributed by atoms with Crippen molar-refractivity contribution in [1.29, 1.82) is 10.5 Å². The van der Waals surface area contributed by atoms with Gasteiger partial charge in [0.05, 0.1) is 0 Å². The minimum Gasteiger partial charge on any atom is -0.378 e. The SMILES string of the molecule is CN(C)c1ccc(/C=C/C2CC(C)(C)CCC2=C(C#N)C#N)cc1. The van der Waals surface area contributed by atoms with E-state index < -0.39 is 0 Å². The summed E-state index contributed by atoms with van der Waals surface area (Å²) in [5, 5.41) is 18.5. The van der Waals surface area contributed by atoms with Gasteiger partial charge in [0.2, 0.25) is 0 Å². The first-order valence-electron chi connectivity index (χ1n) is 8.35. The Morgan fingerprint density at radius 1 is 1.17 bits per heavy atom. The Kier molecular flexibility index (Phi) is 5.47. The van der Waals surface area contributed by atoms with Gasteiger partial charge in [0, 0.05) is 25.7 Å². The molecular weight excluding hydrogens is 294 g/mol. The average Bonchev–Trinajstić information content (AvgIpc) is 2.55. The van der Waals surface area contributed by atoms with Gasteiger partial charge in [-0.05, 0) is 47.9 Å². The molecule has 3 heteroatoms. The molecule has 1 aromatic rings. The Balaban J connectivity index is 2.27. The van der Waals surface area contributed by atoms with Crippen molar-refractivity contribution in [3.8, 4) is 12.1 Å². The van der Waals surface area contributed by atoms with Gasteiger partial charge >= 0.3 is 0 Å². The number of rotatable bonds is 3. The average molecular weight is 319 g/mol. The first-order valence-corrected chi connectivity index (χ1v) is 8.35. The molecule has 3 nitrogen and oxygen atoms in total. The highest BCUT2D eigenvalue weighted by molar-refractivity contribution is 5.56. The molecule has 1 aliphatic carbocycles. The summed E-state index contributed by atoms with van der Waals surface area (Å²) in [6.45, 7) is 4.52. The van der Waals surface area contributed by atoms with Crippen molar-refractivity contribution in [1.82, 2.24) is 0 Å². The van der Waals surface area contributed by atoms with Crippen LogP contribution in [0.2, 0.25) is 0 Å². The zero-order chi connectivity index (χ0) is 17.7. The molecule has 0 bridgehead atoms. The van der Waals surface area contributed by atoms with Crippen LogP contribution in [0.4, 0.5) is 5.69 Å². The predicted molar refractivity (Wildman–Crippen MR) is 99.2 cm³/mol. The van der Waals surface area contributed by atoms with Crippen LogP contribution in [-0.4, -0.2) is 14.1 Å². The molecule has 1 aliphatic rings. The summed E-state index contributed by atoms with van der Waals surface area (Å²) in [6.07, 6.45) is 7.10. The van der Waals surface area contributed by atoms with Crippen molar-refractivity contribution in [2.75, 3.05) is 19.0 Å². The van der Waals surface area contributed by atoms with Crippen molar-refractivity contribution in [2.24, 2.45) is 11.3 Å². The van der Waals surface area contributed by atoms with E-state index in [1.807, 2.05) is 14.1 Å². The van der Waals surface area contributed by atoms with E-state index in [0.717, 1.165) is 30.4 Å². The van der Waals surface area contributed by atoms with Gasteiger partial charge in [-0.1, -0.05) is 38.1 Å². The van der Waals surface area contributed by atoms with Crippen LogP contribution in [0.15, 0.2) is 41.5 Å². The second kappa shape index (κ2) is 7.37. The van der Waals surface area contributed by atoms with E-state index in [1.165, 1.54) is 5.69 Å².